The van der Waals surface area contributed by atoms with Gasteiger partial charge in [-0.25, -0.2) is 4.39 Å². The van der Waals surface area contributed by atoms with Gasteiger partial charge in [-0.15, -0.1) is 0 Å². The van der Waals surface area contributed by atoms with Crippen LogP contribution >= 0.6 is 0 Å². The molecule has 1 unspecified atom stereocenters. The highest BCUT2D eigenvalue weighted by molar-refractivity contribution is 5.83. The Hall–Kier alpha value is -1.42. The van der Waals surface area contributed by atoms with Gasteiger partial charge in [-0.3, -0.25) is 4.79 Å². The zero-order valence-electron chi connectivity index (χ0n) is 10.4. The lowest BCUT2D eigenvalue weighted by Gasteiger charge is -2.36. The number of hydrogen-bond donors (Lipinski definition) is 2. The second kappa shape index (κ2) is 5.06. The molecule has 0 spiro atoms. The Bertz CT molecular complexity index is 443. The SMILES string of the molecule is CC(C(=O)NCC1(O)CCC1)c1ccccc1F. The van der Waals surface area contributed by atoms with Crippen LogP contribution in [0, 0.1) is 5.82 Å². The second-order valence-electron chi connectivity index (χ2n) is 5.04. The Balaban J connectivity index is 1.94. The summed E-state index contributed by atoms with van der Waals surface area (Å²) < 4.78 is 13.5. The molecule has 1 saturated carbocycles. The molecule has 1 fully saturated rings. The fraction of sp³-hybridized carbons (Fsp3) is 0.500. The van der Waals surface area contributed by atoms with Crippen molar-refractivity contribution in [1.29, 1.82) is 0 Å². The van der Waals surface area contributed by atoms with Crippen LogP contribution < -0.4 is 5.32 Å². The fourth-order valence-electron chi connectivity index (χ4n) is 2.13. The number of carbonyl (C=O) groups is 1. The van der Waals surface area contributed by atoms with Gasteiger partial charge in [-0.1, -0.05) is 18.2 Å². The Labute approximate surface area is 106 Å². The number of amides is 1. The number of aliphatic hydroxyl groups is 1. The highest BCUT2D eigenvalue weighted by atomic mass is 19.1. The van der Waals surface area contributed by atoms with Crippen LogP contribution in [0.2, 0.25) is 0 Å². The normalized spacial score (nSPS) is 18.8. The molecule has 4 heteroatoms. The van der Waals surface area contributed by atoms with Crippen LogP contribution in [0.4, 0.5) is 4.39 Å². The van der Waals surface area contributed by atoms with E-state index in [1.807, 2.05) is 0 Å². The van der Waals surface area contributed by atoms with Crippen LogP contribution in [-0.4, -0.2) is 23.2 Å². The van der Waals surface area contributed by atoms with Gasteiger partial charge < -0.3 is 10.4 Å². The van der Waals surface area contributed by atoms with E-state index in [0.29, 0.717) is 5.56 Å². The molecule has 1 aliphatic rings. The van der Waals surface area contributed by atoms with Crippen molar-refractivity contribution in [2.75, 3.05) is 6.54 Å². The lowest BCUT2D eigenvalue weighted by molar-refractivity contribution is -0.124. The minimum atomic E-state index is -0.745. The van der Waals surface area contributed by atoms with Crippen molar-refractivity contribution < 1.29 is 14.3 Å². The Kier molecular flexibility index (Phi) is 3.66. The van der Waals surface area contributed by atoms with Crippen LogP contribution in [0.15, 0.2) is 24.3 Å². The molecule has 2 N–H and O–H groups in total. The van der Waals surface area contributed by atoms with Gasteiger partial charge in [0.25, 0.3) is 0 Å². The van der Waals surface area contributed by atoms with E-state index >= 15 is 0 Å². The van der Waals surface area contributed by atoms with Gasteiger partial charge in [0.1, 0.15) is 5.82 Å². The van der Waals surface area contributed by atoms with Crippen LogP contribution in [0.25, 0.3) is 0 Å². The van der Waals surface area contributed by atoms with E-state index in [2.05, 4.69) is 5.32 Å². The number of halogens is 1. The van der Waals surface area contributed by atoms with E-state index in [9.17, 15) is 14.3 Å². The highest BCUT2D eigenvalue weighted by Crippen LogP contribution is 2.30. The summed E-state index contributed by atoms with van der Waals surface area (Å²) in [6.07, 6.45) is 2.44. The van der Waals surface area contributed by atoms with Gasteiger partial charge in [0, 0.05) is 6.54 Å². The summed E-state index contributed by atoms with van der Waals surface area (Å²) in [7, 11) is 0. The van der Waals surface area contributed by atoms with Crippen molar-refractivity contribution in [2.45, 2.75) is 37.7 Å². The second-order valence-corrected chi connectivity index (χ2v) is 5.04. The maximum atomic E-state index is 13.5. The highest BCUT2D eigenvalue weighted by Gasteiger charge is 2.35. The number of carbonyl (C=O) groups excluding carboxylic acids is 1. The summed E-state index contributed by atoms with van der Waals surface area (Å²) in [4.78, 5) is 11.9. The van der Waals surface area contributed by atoms with Crippen molar-refractivity contribution >= 4 is 5.91 Å². The number of rotatable bonds is 4. The number of hydrogen-bond acceptors (Lipinski definition) is 2. The van der Waals surface area contributed by atoms with E-state index in [1.54, 1.807) is 25.1 Å². The van der Waals surface area contributed by atoms with Crippen molar-refractivity contribution in [3.05, 3.63) is 35.6 Å². The quantitative estimate of drug-likeness (QED) is 0.859. The van der Waals surface area contributed by atoms with E-state index in [4.69, 9.17) is 0 Å². The minimum absolute atomic E-state index is 0.250. The van der Waals surface area contributed by atoms with E-state index in [-0.39, 0.29) is 18.3 Å². The number of benzene rings is 1. The summed E-state index contributed by atoms with van der Waals surface area (Å²) >= 11 is 0. The molecule has 0 bridgehead atoms. The number of nitrogens with one attached hydrogen (secondary N) is 1. The monoisotopic (exact) mass is 251 g/mol. The first-order valence-corrected chi connectivity index (χ1v) is 6.26. The molecule has 0 heterocycles. The van der Waals surface area contributed by atoms with Crippen LogP contribution in [0.5, 0.6) is 0 Å². The molecule has 3 nitrogen and oxygen atoms in total. The first-order valence-electron chi connectivity index (χ1n) is 6.26. The third-order valence-corrected chi connectivity index (χ3v) is 3.64. The Morgan fingerprint density at radius 3 is 2.72 bits per heavy atom. The van der Waals surface area contributed by atoms with Crippen molar-refractivity contribution in [3.63, 3.8) is 0 Å². The van der Waals surface area contributed by atoms with Gasteiger partial charge in [0.2, 0.25) is 5.91 Å². The minimum Gasteiger partial charge on any atom is -0.388 e. The first-order chi connectivity index (χ1) is 8.52. The van der Waals surface area contributed by atoms with Crippen molar-refractivity contribution in [2.24, 2.45) is 0 Å². The molecule has 2 rings (SSSR count). The molecule has 98 valence electrons. The van der Waals surface area contributed by atoms with Gasteiger partial charge >= 0.3 is 0 Å². The zero-order valence-corrected chi connectivity index (χ0v) is 10.4. The van der Waals surface area contributed by atoms with Gasteiger partial charge in [0.15, 0.2) is 0 Å². The predicted molar refractivity (Wildman–Crippen MR) is 66.6 cm³/mol. The van der Waals surface area contributed by atoms with E-state index in [1.165, 1.54) is 6.07 Å². The maximum absolute atomic E-state index is 13.5. The summed E-state index contributed by atoms with van der Waals surface area (Å²) in [5.74, 6) is -1.17. The third-order valence-electron chi connectivity index (χ3n) is 3.64. The smallest absolute Gasteiger partial charge is 0.227 e. The molecular weight excluding hydrogens is 233 g/mol. The molecule has 0 saturated heterocycles. The third kappa shape index (κ3) is 2.70. The average molecular weight is 251 g/mol. The fourth-order valence-corrected chi connectivity index (χ4v) is 2.13. The lowest BCUT2D eigenvalue weighted by Crippen LogP contribution is -2.48. The molecule has 1 amide bonds. The standard InChI is InChI=1S/C14H18FNO2/c1-10(11-5-2-3-6-12(11)15)13(17)16-9-14(18)7-4-8-14/h2-3,5-6,10,18H,4,7-9H2,1H3,(H,16,17). The van der Waals surface area contributed by atoms with E-state index < -0.39 is 11.5 Å². The lowest BCUT2D eigenvalue weighted by atomic mass is 9.80. The molecule has 1 atom stereocenters. The topological polar surface area (TPSA) is 49.3 Å². The molecule has 1 aromatic rings. The van der Waals surface area contributed by atoms with Gasteiger partial charge in [-0.05, 0) is 37.8 Å². The van der Waals surface area contributed by atoms with Gasteiger partial charge in [-0.2, -0.15) is 0 Å². The zero-order chi connectivity index (χ0) is 13.2. The molecule has 18 heavy (non-hydrogen) atoms. The molecular formula is C14H18FNO2. The summed E-state index contributed by atoms with van der Waals surface area (Å²) in [5, 5.41) is 12.6. The van der Waals surface area contributed by atoms with E-state index in [0.717, 1.165) is 19.3 Å². The van der Waals surface area contributed by atoms with Crippen molar-refractivity contribution in [1.82, 2.24) is 5.32 Å². The molecule has 0 radical (unpaired) electrons. The summed E-state index contributed by atoms with van der Waals surface area (Å²) in [6.45, 7) is 1.92. The van der Waals surface area contributed by atoms with Crippen LogP contribution in [-0.2, 0) is 4.79 Å². The summed E-state index contributed by atoms with van der Waals surface area (Å²) in [6, 6.07) is 6.26. The van der Waals surface area contributed by atoms with Crippen LogP contribution in [0.1, 0.15) is 37.7 Å². The molecule has 1 aromatic carbocycles. The Morgan fingerprint density at radius 1 is 1.50 bits per heavy atom. The molecule has 0 aliphatic heterocycles. The predicted octanol–water partition coefficient (Wildman–Crippen LogP) is 1.96. The summed E-state index contributed by atoms with van der Waals surface area (Å²) in [5.41, 5.74) is -0.361. The maximum Gasteiger partial charge on any atom is 0.227 e. The molecule has 1 aliphatic carbocycles. The Morgan fingerprint density at radius 2 is 2.17 bits per heavy atom. The van der Waals surface area contributed by atoms with Crippen LogP contribution in [0.3, 0.4) is 0 Å². The largest absolute Gasteiger partial charge is 0.388 e. The first kappa shape index (κ1) is 13.0. The van der Waals surface area contributed by atoms with Gasteiger partial charge in [0.05, 0.1) is 11.5 Å². The average Bonchev–Trinajstić information content (AvgIpc) is 2.33. The molecule has 0 aromatic heterocycles. The van der Waals surface area contributed by atoms with Crippen molar-refractivity contribution in [3.8, 4) is 0 Å².